The molecule has 1 atom stereocenters. The maximum absolute atomic E-state index is 13.1. The lowest BCUT2D eigenvalue weighted by molar-refractivity contribution is -0.137. The SMILES string of the molecule is Cc1ccc(C)c(S(=O)(=O)N2CCC[C@H](C(=O)Nc3cccc(C(F)(F)F)c3)C2)c1. The number of amides is 1. The minimum absolute atomic E-state index is 0.0134. The van der Waals surface area contributed by atoms with Crippen molar-refractivity contribution in [3.63, 3.8) is 0 Å². The van der Waals surface area contributed by atoms with Crippen LogP contribution in [0.5, 0.6) is 0 Å². The smallest absolute Gasteiger partial charge is 0.326 e. The van der Waals surface area contributed by atoms with Crippen LogP contribution in [-0.2, 0) is 21.0 Å². The molecular formula is C21H23F3N2O3S. The van der Waals surface area contributed by atoms with E-state index in [-0.39, 0.29) is 17.1 Å². The van der Waals surface area contributed by atoms with E-state index in [1.165, 1.54) is 16.4 Å². The van der Waals surface area contributed by atoms with Crippen molar-refractivity contribution in [1.29, 1.82) is 0 Å². The summed E-state index contributed by atoms with van der Waals surface area (Å²) in [5.74, 6) is -1.14. The van der Waals surface area contributed by atoms with Crippen molar-refractivity contribution in [2.24, 2.45) is 5.92 Å². The minimum Gasteiger partial charge on any atom is -0.326 e. The second kappa shape index (κ2) is 8.39. The number of benzene rings is 2. The molecule has 1 heterocycles. The van der Waals surface area contributed by atoms with E-state index in [1.807, 2.05) is 6.07 Å². The molecule has 1 N–H and O–H groups in total. The highest BCUT2D eigenvalue weighted by atomic mass is 32.2. The Bertz CT molecular complexity index is 1050. The molecule has 0 bridgehead atoms. The number of nitrogens with one attached hydrogen (secondary N) is 1. The van der Waals surface area contributed by atoms with Crippen molar-refractivity contribution in [2.45, 2.75) is 37.8 Å². The van der Waals surface area contributed by atoms with Gasteiger partial charge >= 0.3 is 6.18 Å². The number of rotatable bonds is 4. The molecule has 9 heteroatoms. The van der Waals surface area contributed by atoms with Crippen LogP contribution in [-0.4, -0.2) is 31.7 Å². The second-order valence-corrected chi connectivity index (χ2v) is 9.45. The maximum atomic E-state index is 13.1. The van der Waals surface area contributed by atoms with Crippen molar-refractivity contribution < 1.29 is 26.4 Å². The molecule has 0 unspecified atom stereocenters. The molecule has 5 nitrogen and oxygen atoms in total. The summed E-state index contributed by atoms with van der Waals surface area (Å²) < 4.78 is 66.1. The van der Waals surface area contributed by atoms with Gasteiger partial charge in [0.25, 0.3) is 0 Å². The van der Waals surface area contributed by atoms with Crippen molar-refractivity contribution >= 4 is 21.6 Å². The van der Waals surface area contributed by atoms with Crippen LogP contribution in [0.3, 0.4) is 0 Å². The summed E-state index contributed by atoms with van der Waals surface area (Å²) in [4.78, 5) is 12.9. The van der Waals surface area contributed by atoms with Crippen LogP contribution >= 0.6 is 0 Å². The summed E-state index contributed by atoms with van der Waals surface area (Å²) in [6, 6.07) is 9.56. The van der Waals surface area contributed by atoms with Gasteiger partial charge in [-0.2, -0.15) is 17.5 Å². The zero-order chi connectivity index (χ0) is 22.1. The number of sulfonamides is 1. The number of hydrogen-bond acceptors (Lipinski definition) is 3. The molecule has 1 aliphatic heterocycles. The molecule has 2 aromatic rings. The first-order valence-corrected chi connectivity index (χ1v) is 11.0. The Balaban J connectivity index is 1.76. The lowest BCUT2D eigenvalue weighted by Crippen LogP contribution is -2.43. The summed E-state index contributed by atoms with van der Waals surface area (Å²) in [6.45, 7) is 3.80. The van der Waals surface area contributed by atoms with Crippen LogP contribution in [0.1, 0.15) is 29.5 Å². The van der Waals surface area contributed by atoms with Crippen LogP contribution in [0, 0.1) is 19.8 Å². The number of carbonyl (C=O) groups excluding carboxylic acids is 1. The molecule has 3 rings (SSSR count). The standard InChI is InChI=1S/C21H23F3N2O3S/c1-14-8-9-15(2)19(11-14)30(28,29)26-10-4-5-16(13-26)20(27)25-18-7-3-6-17(12-18)21(22,23)24/h3,6-9,11-12,16H,4-5,10,13H2,1-2H3,(H,25,27)/t16-/m0/s1. The zero-order valence-corrected chi connectivity index (χ0v) is 17.5. The number of aryl methyl sites for hydroxylation is 2. The third-order valence-electron chi connectivity index (χ3n) is 5.17. The fourth-order valence-corrected chi connectivity index (χ4v) is 5.35. The Hall–Kier alpha value is -2.39. The Morgan fingerprint density at radius 3 is 2.57 bits per heavy atom. The van der Waals surface area contributed by atoms with Gasteiger partial charge < -0.3 is 5.32 Å². The molecule has 0 aliphatic carbocycles. The van der Waals surface area contributed by atoms with Gasteiger partial charge in [-0.05, 0) is 62.1 Å². The molecule has 162 valence electrons. The lowest BCUT2D eigenvalue weighted by Gasteiger charge is -2.31. The molecule has 30 heavy (non-hydrogen) atoms. The van der Waals surface area contributed by atoms with E-state index < -0.39 is 33.6 Å². The fourth-order valence-electron chi connectivity index (χ4n) is 3.52. The third kappa shape index (κ3) is 4.84. The van der Waals surface area contributed by atoms with E-state index in [1.54, 1.807) is 26.0 Å². The van der Waals surface area contributed by atoms with Crippen molar-refractivity contribution in [2.75, 3.05) is 18.4 Å². The fraction of sp³-hybridized carbons (Fsp3) is 0.381. The van der Waals surface area contributed by atoms with E-state index in [0.717, 1.165) is 17.7 Å². The first kappa shape index (κ1) is 22.3. The zero-order valence-electron chi connectivity index (χ0n) is 16.7. The number of halogens is 3. The van der Waals surface area contributed by atoms with E-state index in [2.05, 4.69) is 5.32 Å². The molecule has 2 aromatic carbocycles. The van der Waals surface area contributed by atoms with Gasteiger partial charge in [0.1, 0.15) is 0 Å². The van der Waals surface area contributed by atoms with Crippen LogP contribution in [0.15, 0.2) is 47.4 Å². The van der Waals surface area contributed by atoms with Crippen LogP contribution in [0.2, 0.25) is 0 Å². The first-order valence-electron chi connectivity index (χ1n) is 9.54. The van der Waals surface area contributed by atoms with Gasteiger partial charge in [-0.3, -0.25) is 4.79 Å². The quantitative estimate of drug-likeness (QED) is 0.768. The Kier molecular flexibility index (Phi) is 6.24. The second-order valence-electron chi connectivity index (χ2n) is 7.54. The van der Waals surface area contributed by atoms with Gasteiger partial charge in [0.05, 0.1) is 16.4 Å². The molecule has 0 saturated carbocycles. The minimum atomic E-state index is -4.51. The molecule has 1 fully saturated rings. The van der Waals surface area contributed by atoms with Crippen LogP contribution in [0.25, 0.3) is 0 Å². The topological polar surface area (TPSA) is 66.5 Å². The summed E-state index contributed by atoms with van der Waals surface area (Å²) in [5.41, 5.74) is 0.610. The average molecular weight is 440 g/mol. The van der Waals surface area contributed by atoms with E-state index >= 15 is 0 Å². The molecule has 1 saturated heterocycles. The van der Waals surface area contributed by atoms with Gasteiger partial charge in [-0.15, -0.1) is 0 Å². The number of alkyl halides is 3. The highest BCUT2D eigenvalue weighted by Crippen LogP contribution is 2.31. The van der Waals surface area contributed by atoms with Gasteiger partial charge in [0.15, 0.2) is 0 Å². The monoisotopic (exact) mass is 440 g/mol. The van der Waals surface area contributed by atoms with Crippen molar-refractivity contribution in [3.05, 3.63) is 59.2 Å². The molecule has 1 aliphatic rings. The third-order valence-corrected chi connectivity index (χ3v) is 7.18. The van der Waals surface area contributed by atoms with Crippen LogP contribution < -0.4 is 5.32 Å². The Morgan fingerprint density at radius 2 is 1.87 bits per heavy atom. The van der Waals surface area contributed by atoms with Crippen molar-refractivity contribution in [1.82, 2.24) is 4.31 Å². The number of nitrogens with zero attached hydrogens (tertiary/aromatic N) is 1. The Labute approximate surface area is 173 Å². The summed E-state index contributed by atoms with van der Waals surface area (Å²) >= 11 is 0. The number of piperidine rings is 1. The van der Waals surface area contributed by atoms with Gasteiger partial charge in [-0.1, -0.05) is 18.2 Å². The first-order chi connectivity index (χ1) is 14.0. The summed E-state index contributed by atoms with van der Waals surface area (Å²) in [7, 11) is -3.78. The van der Waals surface area contributed by atoms with Crippen molar-refractivity contribution in [3.8, 4) is 0 Å². The maximum Gasteiger partial charge on any atom is 0.416 e. The normalized spacial score (nSPS) is 18.2. The number of carbonyl (C=O) groups is 1. The lowest BCUT2D eigenvalue weighted by atomic mass is 9.98. The summed E-state index contributed by atoms with van der Waals surface area (Å²) in [6.07, 6.45) is -3.56. The summed E-state index contributed by atoms with van der Waals surface area (Å²) in [5, 5.41) is 2.50. The predicted octanol–water partition coefficient (Wildman–Crippen LogP) is 4.36. The highest BCUT2D eigenvalue weighted by molar-refractivity contribution is 7.89. The molecule has 0 radical (unpaired) electrons. The molecule has 1 amide bonds. The largest absolute Gasteiger partial charge is 0.416 e. The van der Waals surface area contributed by atoms with Gasteiger partial charge in [0, 0.05) is 18.8 Å². The van der Waals surface area contributed by atoms with E-state index in [0.29, 0.717) is 24.9 Å². The molecule has 0 spiro atoms. The predicted molar refractivity (Wildman–Crippen MR) is 107 cm³/mol. The van der Waals surface area contributed by atoms with E-state index in [4.69, 9.17) is 0 Å². The highest BCUT2D eigenvalue weighted by Gasteiger charge is 2.35. The van der Waals surface area contributed by atoms with Gasteiger partial charge in [0.2, 0.25) is 15.9 Å². The molecule has 0 aromatic heterocycles. The number of anilines is 1. The van der Waals surface area contributed by atoms with E-state index in [9.17, 15) is 26.4 Å². The van der Waals surface area contributed by atoms with Gasteiger partial charge in [-0.25, -0.2) is 8.42 Å². The average Bonchev–Trinajstić information content (AvgIpc) is 2.69. The number of hydrogen-bond donors (Lipinski definition) is 1. The van der Waals surface area contributed by atoms with Crippen LogP contribution in [0.4, 0.5) is 18.9 Å². The molecular weight excluding hydrogens is 417 g/mol. The Morgan fingerprint density at radius 1 is 1.13 bits per heavy atom.